The number of aryl methyl sites for hydroxylation is 4. The highest BCUT2D eigenvalue weighted by molar-refractivity contribution is 5.94. The first-order valence-corrected chi connectivity index (χ1v) is 8.80. The third kappa shape index (κ3) is 3.69. The largest absolute Gasteiger partial charge is 0.453 e. The molecule has 1 aromatic carbocycles. The van der Waals surface area contributed by atoms with Gasteiger partial charge in [-0.2, -0.15) is 18.2 Å². The quantitative estimate of drug-likeness (QED) is 0.734. The molecule has 0 spiro atoms. The van der Waals surface area contributed by atoms with E-state index in [1.54, 1.807) is 13.8 Å². The second-order valence-electron chi connectivity index (χ2n) is 6.59. The van der Waals surface area contributed by atoms with Crippen LogP contribution >= 0.6 is 0 Å². The van der Waals surface area contributed by atoms with Crippen LogP contribution in [0.5, 0.6) is 0 Å². The molecule has 0 aliphatic carbocycles. The smallest absolute Gasteiger partial charge is 0.325 e. The Morgan fingerprint density at radius 3 is 2.54 bits per heavy atom. The number of nitrogens with zero attached hydrogens (tertiary/aromatic N) is 4. The molecule has 0 aliphatic rings. The Labute approximate surface area is 159 Å². The van der Waals surface area contributed by atoms with Gasteiger partial charge in [0, 0.05) is 22.6 Å². The minimum Gasteiger partial charge on any atom is -0.325 e. The van der Waals surface area contributed by atoms with Gasteiger partial charge in [-0.15, -0.1) is 5.10 Å². The van der Waals surface area contributed by atoms with Crippen molar-refractivity contribution < 1.29 is 18.0 Å². The lowest BCUT2D eigenvalue weighted by atomic mass is 10.0. The summed E-state index contributed by atoms with van der Waals surface area (Å²) in [7, 11) is 0. The number of aromatic nitrogens is 4. The van der Waals surface area contributed by atoms with E-state index in [4.69, 9.17) is 0 Å². The minimum absolute atomic E-state index is 0.0285. The van der Waals surface area contributed by atoms with Gasteiger partial charge >= 0.3 is 6.18 Å². The summed E-state index contributed by atoms with van der Waals surface area (Å²) < 4.78 is 39.7. The maximum atomic E-state index is 12.9. The van der Waals surface area contributed by atoms with Crippen LogP contribution in [-0.2, 0) is 23.8 Å². The molecule has 0 saturated carbocycles. The molecule has 0 aliphatic heterocycles. The minimum atomic E-state index is -4.66. The Morgan fingerprint density at radius 1 is 1.18 bits per heavy atom. The molecule has 2 aromatic heterocycles. The SMILES string of the molecule is CCc1cccc(C)c1NC(=O)Cc1c(C)nc2nc(C(F)(F)F)nn2c1C. The summed E-state index contributed by atoms with van der Waals surface area (Å²) in [5, 5.41) is 6.42. The number of para-hydroxylation sites is 1. The predicted octanol–water partition coefficient (Wildman–Crippen LogP) is 3.81. The molecule has 0 radical (unpaired) electrons. The lowest BCUT2D eigenvalue weighted by molar-refractivity contribution is -0.144. The average molecular weight is 391 g/mol. The monoisotopic (exact) mass is 391 g/mol. The van der Waals surface area contributed by atoms with E-state index in [1.807, 2.05) is 32.0 Å². The predicted molar refractivity (Wildman–Crippen MR) is 98.1 cm³/mol. The van der Waals surface area contributed by atoms with Gasteiger partial charge in [0.1, 0.15) is 0 Å². The van der Waals surface area contributed by atoms with Crippen LogP contribution in [0.4, 0.5) is 18.9 Å². The van der Waals surface area contributed by atoms with Crippen LogP contribution in [0.3, 0.4) is 0 Å². The van der Waals surface area contributed by atoms with Crippen molar-refractivity contribution in [3.05, 3.63) is 52.1 Å². The fourth-order valence-corrected chi connectivity index (χ4v) is 3.13. The van der Waals surface area contributed by atoms with Crippen molar-refractivity contribution in [2.24, 2.45) is 0 Å². The fraction of sp³-hybridized carbons (Fsp3) is 0.368. The van der Waals surface area contributed by atoms with E-state index in [0.717, 1.165) is 27.8 Å². The van der Waals surface area contributed by atoms with Crippen LogP contribution in [0.15, 0.2) is 18.2 Å². The van der Waals surface area contributed by atoms with E-state index < -0.39 is 12.0 Å². The first kappa shape index (κ1) is 19.8. The summed E-state index contributed by atoms with van der Waals surface area (Å²) in [6.07, 6.45) is -3.92. The van der Waals surface area contributed by atoms with Gasteiger partial charge in [0.2, 0.25) is 5.91 Å². The molecule has 1 N–H and O–H groups in total. The number of amides is 1. The van der Waals surface area contributed by atoms with Gasteiger partial charge in [-0.25, -0.2) is 9.50 Å². The number of nitrogens with one attached hydrogen (secondary N) is 1. The Hall–Kier alpha value is -2.97. The number of carbonyl (C=O) groups excluding carboxylic acids is 1. The van der Waals surface area contributed by atoms with Crippen LogP contribution < -0.4 is 5.32 Å². The van der Waals surface area contributed by atoms with E-state index in [1.165, 1.54) is 0 Å². The Kier molecular flexibility index (Phi) is 5.10. The van der Waals surface area contributed by atoms with E-state index >= 15 is 0 Å². The van der Waals surface area contributed by atoms with Crippen LogP contribution in [0.25, 0.3) is 5.78 Å². The van der Waals surface area contributed by atoms with Crippen molar-refractivity contribution in [2.75, 3.05) is 5.32 Å². The van der Waals surface area contributed by atoms with Crippen molar-refractivity contribution in [2.45, 2.75) is 46.7 Å². The number of alkyl halides is 3. The highest BCUT2D eigenvalue weighted by Crippen LogP contribution is 2.27. The number of fused-ring (bicyclic) bond motifs is 1. The third-order valence-corrected chi connectivity index (χ3v) is 4.64. The van der Waals surface area contributed by atoms with E-state index in [9.17, 15) is 18.0 Å². The van der Waals surface area contributed by atoms with Crippen LogP contribution in [0.2, 0.25) is 0 Å². The van der Waals surface area contributed by atoms with Gasteiger partial charge in [0.25, 0.3) is 11.6 Å². The Bertz CT molecular complexity index is 1060. The molecule has 3 rings (SSSR count). The number of rotatable bonds is 4. The summed E-state index contributed by atoms with van der Waals surface area (Å²) in [5.41, 5.74) is 4.10. The average Bonchev–Trinajstić information content (AvgIpc) is 3.05. The lowest BCUT2D eigenvalue weighted by Crippen LogP contribution is -2.19. The molecule has 6 nitrogen and oxygen atoms in total. The molecular weight excluding hydrogens is 371 g/mol. The first-order chi connectivity index (χ1) is 13.1. The zero-order valence-corrected chi connectivity index (χ0v) is 16.0. The molecule has 0 unspecified atom stereocenters. The van der Waals surface area contributed by atoms with Crippen LogP contribution in [-0.4, -0.2) is 25.5 Å². The number of benzene rings is 1. The highest BCUT2D eigenvalue weighted by Gasteiger charge is 2.37. The fourth-order valence-electron chi connectivity index (χ4n) is 3.13. The molecule has 28 heavy (non-hydrogen) atoms. The zero-order valence-electron chi connectivity index (χ0n) is 16.0. The molecule has 148 valence electrons. The molecule has 2 heterocycles. The summed E-state index contributed by atoms with van der Waals surface area (Å²) in [6, 6.07) is 5.78. The molecule has 0 atom stereocenters. The molecule has 9 heteroatoms. The third-order valence-electron chi connectivity index (χ3n) is 4.64. The summed E-state index contributed by atoms with van der Waals surface area (Å²) in [4.78, 5) is 20.2. The molecule has 0 saturated heterocycles. The van der Waals surface area contributed by atoms with Gasteiger partial charge in [-0.05, 0) is 38.3 Å². The lowest BCUT2D eigenvalue weighted by Gasteiger charge is -2.14. The van der Waals surface area contributed by atoms with Crippen molar-refractivity contribution in [1.82, 2.24) is 19.6 Å². The second-order valence-corrected chi connectivity index (χ2v) is 6.59. The molecular formula is C19H20F3N5O. The summed E-state index contributed by atoms with van der Waals surface area (Å²) >= 11 is 0. The highest BCUT2D eigenvalue weighted by atomic mass is 19.4. The van der Waals surface area contributed by atoms with Crippen molar-refractivity contribution >= 4 is 17.4 Å². The molecule has 0 bridgehead atoms. The number of hydrogen-bond acceptors (Lipinski definition) is 4. The zero-order chi connectivity index (χ0) is 20.6. The second kappa shape index (κ2) is 7.21. The van der Waals surface area contributed by atoms with Gasteiger partial charge in [-0.1, -0.05) is 25.1 Å². The number of anilines is 1. The van der Waals surface area contributed by atoms with E-state index in [0.29, 0.717) is 17.0 Å². The van der Waals surface area contributed by atoms with Crippen LogP contribution in [0.1, 0.15) is 40.8 Å². The number of carbonyl (C=O) groups is 1. The summed E-state index contributed by atoms with van der Waals surface area (Å²) in [5.74, 6) is -1.66. The van der Waals surface area contributed by atoms with E-state index in [2.05, 4.69) is 20.4 Å². The van der Waals surface area contributed by atoms with Gasteiger partial charge in [-0.3, -0.25) is 4.79 Å². The van der Waals surface area contributed by atoms with Crippen molar-refractivity contribution in [3.8, 4) is 0 Å². The number of halogens is 3. The number of hydrogen-bond donors (Lipinski definition) is 1. The Balaban J connectivity index is 1.93. The van der Waals surface area contributed by atoms with Crippen molar-refractivity contribution in [3.63, 3.8) is 0 Å². The maximum Gasteiger partial charge on any atom is 0.453 e. The summed E-state index contributed by atoms with van der Waals surface area (Å²) in [6.45, 7) is 7.15. The topological polar surface area (TPSA) is 72.2 Å². The molecule has 0 fully saturated rings. The Morgan fingerprint density at radius 2 is 1.89 bits per heavy atom. The molecule has 1 amide bonds. The van der Waals surface area contributed by atoms with Crippen molar-refractivity contribution in [1.29, 1.82) is 0 Å². The van der Waals surface area contributed by atoms with Gasteiger partial charge in [0.15, 0.2) is 0 Å². The first-order valence-electron chi connectivity index (χ1n) is 8.80. The van der Waals surface area contributed by atoms with Gasteiger partial charge in [0.05, 0.1) is 6.42 Å². The van der Waals surface area contributed by atoms with E-state index in [-0.39, 0.29) is 18.1 Å². The standard InChI is InChI=1S/C19H20F3N5O/c1-5-13-8-6-7-10(2)16(13)24-15(28)9-14-11(3)23-18-25-17(19(20,21)22)26-27(18)12(14)4/h6-8H,5,9H2,1-4H3,(H,24,28). The maximum absolute atomic E-state index is 12.9. The van der Waals surface area contributed by atoms with Gasteiger partial charge < -0.3 is 5.32 Å². The normalized spacial score (nSPS) is 11.8. The van der Waals surface area contributed by atoms with Crippen LogP contribution in [0, 0.1) is 20.8 Å². The molecule has 3 aromatic rings.